The molecule has 4 amide bonds. The van der Waals surface area contributed by atoms with Crippen molar-refractivity contribution in [1.29, 1.82) is 0 Å². The first-order valence-corrected chi connectivity index (χ1v) is 19.9. The van der Waals surface area contributed by atoms with E-state index in [1.165, 1.54) is 7.11 Å². The van der Waals surface area contributed by atoms with Crippen LogP contribution in [-0.2, 0) is 14.3 Å². The fraction of sp³-hybridized carbons (Fsp3) is 0.304. The molecule has 14 nitrogen and oxygen atoms in total. The number of nitrogens with one attached hydrogen (secondary N) is 4. The van der Waals surface area contributed by atoms with E-state index in [1.807, 2.05) is 80.6 Å². The van der Waals surface area contributed by atoms with Crippen molar-refractivity contribution in [2.24, 2.45) is 5.92 Å². The van der Waals surface area contributed by atoms with Gasteiger partial charge in [-0.3, -0.25) is 9.59 Å². The Morgan fingerprint density at radius 3 is 2.03 bits per heavy atom. The summed E-state index contributed by atoms with van der Waals surface area (Å²) < 4.78 is 4.81. The number of rotatable bonds is 10. The van der Waals surface area contributed by atoms with Crippen LogP contribution >= 0.6 is 24.8 Å². The predicted octanol–water partition coefficient (Wildman–Crippen LogP) is 7.43. The van der Waals surface area contributed by atoms with Gasteiger partial charge in [-0.15, -0.1) is 24.8 Å². The smallest absolute Gasteiger partial charge is 0.407 e. The summed E-state index contributed by atoms with van der Waals surface area (Å²) in [6.45, 7) is 4.68. The third-order valence-corrected chi connectivity index (χ3v) is 10.8. The number of H-pyrrole nitrogens is 2. The number of carbonyl (C=O) groups excluding carboxylic acids is 3. The molecule has 0 bridgehead atoms. The Kier molecular flexibility index (Phi) is 15.8. The van der Waals surface area contributed by atoms with Crippen LogP contribution in [0.15, 0.2) is 91.3 Å². The number of benzene rings is 3. The number of hydrogen-bond donors (Lipinski definition) is 5. The molecule has 5 N–H and O–H groups in total. The summed E-state index contributed by atoms with van der Waals surface area (Å²) in [5, 5.41) is 14.4. The van der Waals surface area contributed by atoms with Gasteiger partial charge in [-0.2, -0.15) is 0 Å². The molecule has 2 fully saturated rings. The number of alkyl carbamates (subject to hydrolysis) is 1. The minimum atomic E-state index is -1.23. The topological polar surface area (TPSA) is 186 Å². The molecule has 0 radical (unpaired) electrons. The fourth-order valence-corrected chi connectivity index (χ4v) is 7.83. The van der Waals surface area contributed by atoms with E-state index in [2.05, 4.69) is 54.3 Å². The number of likely N-dealkylation sites (tertiary alicyclic amines) is 2. The number of carbonyl (C=O) groups is 4. The van der Waals surface area contributed by atoms with Gasteiger partial charge < -0.3 is 40.2 Å². The van der Waals surface area contributed by atoms with Crippen molar-refractivity contribution in [2.75, 3.05) is 20.2 Å². The molecule has 0 spiro atoms. The van der Waals surface area contributed by atoms with Crippen molar-refractivity contribution in [3.63, 3.8) is 0 Å². The first-order chi connectivity index (χ1) is 29.1. The van der Waals surface area contributed by atoms with Crippen molar-refractivity contribution >= 4 is 48.8 Å². The Hall–Kier alpha value is -6.74. The quantitative estimate of drug-likeness (QED) is 0.0897. The number of aromatic amines is 2. The lowest BCUT2D eigenvalue weighted by molar-refractivity contribution is -0.135. The summed E-state index contributed by atoms with van der Waals surface area (Å²) in [7, 11) is 1.26. The summed E-state index contributed by atoms with van der Waals surface area (Å²) in [4.78, 5) is 70.4. The highest BCUT2D eigenvalue weighted by molar-refractivity contribution is 5.88. The van der Waals surface area contributed by atoms with E-state index in [4.69, 9.17) is 4.74 Å². The molecule has 62 heavy (non-hydrogen) atoms. The van der Waals surface area contributed by atoms with Gasteiger partial charge in [0.15, 0.2) is 0 Å². The Balaban J connectivity index is 0.00000363. The van der Waals surface area contributed by atoms with Crippen LogP contribution in [0, 0.1) is 29.6 Å². The van der Waals surface area contributed by atoms with Gasteiger partial charge in [0.05, 0.1) is 37.3 Å². The Morgan fingerprint density at radius 1 is 0.774 bits per heavy atom. The van der Waals surface area contributed by atoms with Crippen LogP contribution in [0.25, 0.3) is 22.4 Å². The Bertz CT molecular complexity index is 2490. The van der Waals surface area contributed by atoms with Crippen LogP contribution in [0.5, 0.6) is 0 Å². The minimum Gasteiger partial charge on any atom is -0.465 e. The first kappa shape index (κ1) is 46.3. The average Bonchev–Trinajstić information content (AvgIpc) is 4.11. The molecule has 16 heteroatoms. The maximum atomic E-state index is 13.9. The van der Waals surface area contributed by atoms with E-state index in [1.54, 1.807) is 34.3 Å². The van der Waals surface area contributed by atoms with Crippen molar-refractivity contribution in [3.05, 3.63) is 120 Å². The second-order valence-corrected chi connectivity index (χ2v) is 15.0. The van der Waals surface area contributed by atoms with Gasteiger partial charge in [0, 0.05) is 24.2 Å². The third-order valence-electron chi connectivity index (χ3n) is 10.8. The summed E-state index contributed by atoms with van der Waals surface area (Å²) in [6.07, 6.45) is 4.44. The normalized spacial score (nSPS) is 16.3. The largest absolute Gasteiger partial charge is 0.465 e. The zero-order valence-corrected chi connectivity index (χ0v) is 36.0. The monoisotopic (exact) mass is 878 g/mol. The van der Waals surface area contributed by atoms with Gasteiger partial charge in [0.1, 0.15) is 29.4 Å². The molecule has 3 aromatic carbocycles. The Labute approximate surface area is 372 Å². The lowest BCUT2D eigenvalue weighted by Gasteiger charge is -2.29. The molecule has 0 aliphatic carbocycles. The van der Waals surface area contributed by atoms with Crippen LogP contribution in [0.4, 0.5) is 9.59 Å². The third kappa shape index (κ3) is 10.6. The van der Waals surface area contributed by atoms with Gasteiger partial charge in [-0.05, 0) is 78.2 Å². The molecule has 4 heterocycles. The number of imidazole rings is 2. The SMILES string of the molecule is COC(=O)N[C@H](C(=O)N1CCC[C@H]1c1ncc(C#CC#Cc2ccc(-c3cnc([C@@H]4CCCN4C(=O)[C@@H](NC(=O)O)C(C)C)[nH]3)cc2-c2ccccc2)[nH]1)c1ccccc1.Cl.Cl. The number of hydrogen-bond acceptors (Lipinski definition) is 7. The maximum absolute atomic E-state index is 13.9. The number of carboxylic acid groups (broad SMARTS) is 1. The summed E-state index contributed by atoms with van der Waals surface area (Å²) in [5.41, 5.74) is 5.52. The highest BCUT2D eigenvalue weighted by Gasteiger charge is 2.38. The van der Waals surface area contributed by atoms with Crippen LogP contribution in [0.3, 0.4) is 0 Å². The summed E-state index contributed by atoms with van der Waals surface area (Å²) >= 11 is 0. The first-order valence-electron chi connectivity index (χ1n) is 19.9. The molecular formula is C46H48Cl2N8O6. The van der Waals surface area contributed by atoms with E-state index in [0.29, 0.717) is 48.8 Å². The summed E-state index contributed by atoms with van der Waals surface area (Å²) in [6, 6.07) is 22.6. The van der Waals surface area contributed by atoms with Gasteiger partial charge in [0.2, 0.25) is 5.91 Å². The number of nitrogens with zero attached hydrogens (tertiary/aromatic N) is 4. The minimum absolute atomic E-state index is 0. The number of amides is 4. The zero-order chi connectivity index (χ0) is 42.2. The molecule has 2 saturated heterocycles. The molecule has 0 saturated carbocycles. The highest BCUT2D eigenvalue weighted by atomic mass is 35.5. The Morgan fingerprint density at radius 2 is 1.39 bits per heavy atom. The van der Waals surface area contributed by atoms with E-state index in [0.717, 1.165) is 40.8 Å². The number of ether oxygens (including phenoxy) is 1. The molecule has 2 aliphatic rings. The molecule has 4 atom stereocenters. The fourth-order valence-electron chi connectivity index (χ4n) is 7.83. The summed E-state index contributed by atoms with van der Waals surface area (Å²) in [5.74, 6) is 12.7. The van der Waals surface area contributed by atoms with E-state index in [9.17, 15) is 24.3 Å². The van der Waals surface area contributed by atoms with Crippen LogP contribution in [0.2, 0.25) is 0 Å². The lowest BCUT2D eigenvalue weighted by Crippen LogP contribution is -2.50. The van der Waals surface area contributed by atoms with E-state index >= 15 is 0 Å². The zero-order valence-electron chi connectivity index (χ0n) is 34.4. The van der Waals surface area contributed by atoms with Crippen molar-refractivity contribution in [2.45, 2.75) is 63.7 Å². The van der Waals surface area contributed by atoms with Gasteiger partial charge in [-0.1, -0.05) is 86.5 Å². The number of methoxy groups -OCH3 is 1. The number of aromatic nitrogens is 4. The van der Waals surface area contributed by atoms with E-state index < -0.39 is 24.3 Å². The second-order valence-electron chi connectivity index (χ2n) is 15.0. The highest BCUT2D eigenvalue weighted by Crippen LogP contribution is 2.35. The van der Waals surface area contributed by atoms with Crippen molar-refractivity contribution in [1.82, 2.24) is 40.4 Å². The molecule has 7 rings (SSSR count). The molecule has 2 aromatic heterocycles. The van der Waals surface area contributed by atoms with E-state index in [-0.39, 0.29) is 54.6 Å². The molecule has 2 aliphatic heterocycles. The van der Waals surface area contributed by atoms with Crippen LogP contribution in [-0.4, -0.2) is 85.1 Å². The standard InChI is InChI=1S/C46H46N8O6.2ClH/c1-29(2)39(51-45(57)58)43(55)53-24-13-21-38(53)42-48-28-36(50-42)33-23-22-31(35(26-33)30-14-6-4-7-15-30)16-10-11-19-34-27-47-41(49-34)37-20-12-25-54(37)44(56)40(52-46(59)60-3)32-17-8-5-9-18-32;;/h4-9,14-15,17-18,22-23,26-29,37-40,51H,12-13,20-21,24-25H2,1-3H3,(H,47,49)(H,48,50)(H,52,59)(H,57,58);2*1H/t37-,38-,39-,40-;;/m0../s1. The van der Waals surface area contributed by atoms with Gasteiger partial charge in [0.25, 0.3) is 5.91 Å². The van der Waals surface area contributed by atoms with Crippen molar-refractivity contribution in [3.8, 4) is 46.1 Å². The lowest BCUT2D eigenvalue weighted by atomic mass is 9.96. The van der Waals surface area contributed by atoms with Crippen molar-refractivity contribution < 1.29 is 29.0 Å². The number of halogens is 2. The van der Waals surface area contributed by atoms with Crippen LogP contribution < -0.4 is 10.6 Å². The maximum Gasteiger partial charge on any atom is 0.407 e. The second kappa shape index (κ2) is 21.2. The van der Waals surface area contributed by atoms with Crippen LogP contribution in [0.1, 0.15) is 86.1 Å². The molecular weight excluding hydrogens is 831 g/mol. The van der Waals surface area contributed by atoms with Gasteiger partial charge >= 0.3 is 12.2 Å². The molecule has 5 aromatic rings. The average molecular weight is 880 g/mol. The molecule has 0 unspecified atom stereocenters. The van der Waals surface area contributed by atoms with Gasteiger partial charge in [-0.25, -0.2) is 19.6 Å². The predicted molar refractivity (Wildman–Crippen MR) is 238 cm³/mol. The molecule has 322 valence electrons.